The first-order valence-electron chi connectivity index (χ1n) is 4.48. The van der Waals surface area contributed by atoms with Gasteiger partial charge in [0.15, 0.2) is 0 Å². The Morgan fingerprint density at radius 2 is 2.00 bits per heavy atom. The Morgan fingerprint density at radius 1 is 1.47 bits per heavy atom. The maximum absolute atomic E-state index is 11.2. The molecule has 0 heterocycles. The fourth-order valence-electron chi connectivity index (χ4n) is 1.04. The number of nitrogens with two attached hydrogens (primary N) is 1. The second kappa shape index (κ2) is 5.35. The van der Waals surface area contributed by atoms with E-state index in [9.17, 15) is 4.79 Å². The van der Waals surface area contributed by atoms with Crippen LogP contribution in [0.5, 0.6) is 0 Å². The smallest absolute Gasteiger partial charge is 0.236 e. The molecule has 0 aliphatic rings. The van der Waals surface area contributed by atoms with E-state index in [0.29, 0.717) is 22.2 Å². The zero-order valence-corrected chi connectivity index (χ0v) is 9.77. The number of nitrogens with one attached hydrogen (secondary N) is 1. The van der Waals surface area contributed by atoms with Gasteiger partial charge in [-0.3, -0.25) is 4.79 Å². The number of hydrogen-bond acceptors (Lipinski definition) is 2. The summed E-state index contributed by atoms with van der Waals surface area (Å²) in [5.74, 6) is -0.231. The average molecular weight is 247 g/mol. The number of rotatable bonds is 3. The molecule has 1 amide bonds. The second-order valence-corrected chi connectivity index (χ2v) is 4.02. The van der Waals surface area contributed by atoms with Gasteiger partial charge in [0.2, 0.25) is 5.91 Å². The molecular weight excluding hydrogens is 235 g/mol. The maximum Gasteiger partial charge on any atom is 0.236 e. The minimum absolute atomic E-state index is 0.231. The van der Waals surface area contributed by atoms with E-state index in [-0.39, 0.29) is 5.91 Å². The Hall–Kier alpha value is -0.770. The first kappa shape index (κ1) is 12.3. The zero-order valence-electron chi connectivity index (χ0n) is 8.26. The van der Waals surface area contributed by atoms with Gasteiger partial charge in [-0.1, -0.05) is 29.3 Å². The lowest BCUT2D eigenvalue weighted by atomic mass is 10.2. The van der Waals surface area contributed by atoms with Crippen LogP contribution in [0.3, 0.4) is 0 Å². The number of halogens is 2. The van der Waals surface area contributed by atoms with Crippen LogP contribution in [0, 0.1) is 0 Å². The van der Waals surface area contributed by atoms with Gasteiger partial charge in [-0.05, 0) is 19.1 Å². The van der Waals surface area contributed by atoms with Crippen molar-refractivity contribution in [2.75, 3.05) is 0 Å². The third kappa shape index (κ3) is 3.38. The Bertz CT molecular complexity index is 346. The molecule has 0 saturated carbocycles. The van der Waals surface area contributed by atoms with Crippen LogP contribution in [0.25, 0.3) is 0 Å². The van der Waals surface area contributed by atoms with Crippen LogP contribution >= 0.6 is 23.2 Å². The lowest BCUT2D eigenvalue weighted by Gasteiger charge is -2.10. The fraction of sp³-hybridized carbons (Fsp3) is 0.300. The predicted octanol–water partition coefficient (Wildman–Crippen LogP) is 1.96. The van der Waals surface area contributed by atoms with Crippen LogP contribution < -0.4 is 11.1 Å². The summed E-state index contributed by atoms with van der Waals surface area (Å²) in [4.78, 5) is 11.2. The molecule has 1 unspecified atom stereocenters. The summed E-state index contributed by atoms with van der Waals surface area (Å²) in [7, 11) is 0. The van der Waals surface area contributed by atoms with E-state index in [1.54, 1.807) is 25.1 Å². The van der Waals surface area contributed by atoms with E-state index < -0.39 is 6.04 Å². The molecule has 15 heavy (non-hydrogen) atoms. The summed E-state index contributed by atoms with van der Waals surface area (Å²) >= 11 is 11.9. The number of carbonyl (C=O) groups is 1. The van der Waals surface area contributed by atoms with Crippen LogP contribution in [0.4, 0.5) is 0 Å². The van der Waals surface area contributed by atoms with Crippen LogP contribution in [-0.2, 0) is 11.3 Å². The predicted molar refractivity (Wildman–Crippen MR) is 62.0 cm³/mol. The number of carbonyl (C=O) groups excluding carboxylic acids is 1. The Balaban J connectivity index is 2.69. The molecule has 0 fully saturated rings. The van der Waals surface area contributed by atoms with Gasteiger partial charge in [0.1, 0.15) is 0 Å². The molecule has 1 aromatic carbocycles. The Morgan fingerprint density at radius 3 is 2.47 bits per heavy atom. The third-order valence-corrected chi connectivity index (χ3v) is 2.62. The lowest BCUT2D eigenvalue weighted by Crippen LogP contribution is -2.37. The molecule has 1 rings (SSSR count). The van der Waals surface area contributed by atoms with Crippen molar-refractivity contribution in [3.8, 4) is 0 Å². The zero-order chi connectivity index (χ0) is 11.4. The van der Waals surface area contributed by atoms with Gasteiger partial charge in [0.05, 0.1) is 6.04 Å². The van der Waals surface area contributed by atoms with Crippen molar-refractivity contribution in [2.24, 2.45) is 5.73 Å². The largest absolute Gasteiger partial charge is 0.351 e. The van der Waals surface area contributed by atoms with Crippen molar-refractivity contribution in [1.29, 1.82) is 0 Å². The molecule has 0 aromatic heterocycles. The SMILES string of the molecule is CC(N)C(=O)NCc1c(Cl)cccc1Cl. The quantitative estimate of drug-likeness (QED) is 0.857. The average Bonchev–Trinajstić information content (AvgIpc) is 2.16. The van der Waals surface area contributed by atoms with Gasteiger partial charge in [-0.15, -0.1) is 0 Å². The highest BCUT2D eigenvalue weighted by Gasteiger charge is 2.09. The summed E-state index contributed by atoms with van der Waals surface area (Å²) in [6.07, 6.45) is 0. The molecule has 0 aliphatic heterocycles. The van der Waals surface area contributed by atoms with Crippen LogP contribution in [0.2, 0.25) is 10.0 Å². The highest BCUT2D eigenvalue weighted by Crippen LogP contribution is 2.23. The normalized spacial score (nSPS) is 12.3. The van der Waals surface area contributed by atoms with E-state index >= 15 is 0 Å². The summed E-state index contributed by atoms with van der Waals surface area (Å²) < 4.78 is 0. The Labute approximate surface area is 98.5 Å². The van der Waals surface area contributed by atoms with Crippen LogP contribution in [0.15, 0.2) is 18.2 Å². The van der Waals surface area contributed by atoms with Gasteiger partial charge in [-0.25, -0.2) is 0 Å². The molecule has 82 valence electrons. The number of hydrogen-bond donors (Lipinski definition) is 2. The molecule has 1 aromatic rings. The minimum Gasteiger partial charge on any atom is -0.351 e. The summed E-state index contributed by atoms with van der Waals surface area (Å²) in [5.41, 5.74) is 6.10. The third-order valence-electron chi connectivity index (χ3n) is 1.91. The van der Waals surface area contributed by atoms with Crippen molar-refractivity contribution in [3.05, 3.63) is 33.8 Å². The van der Waals surface area contributed by atoms with Gasteiger partial charge >= 0.3 is 0 Å². The molecule has 3 N–H and O–H groups in total. The van der Waals surface area contributed by atoms with E-state index in [2.05, 4.69) is 5.32 Å². The van der Waals surface area contributed by atoms with Gasteiger partial charge in [-0.2, -0.15) is 0 Å². The number of benzene rings is 1. The molecule has 1 atom stereocenters. The molecule has 0 bridgehead atoms. The topological polar surface area (TPSA) is 55.1 Å². The van der Waals surface area contributed by atoms with E-state index in [4.69, 9.17) is 28.9 Å². The molecule has 0 spiro atoms. The van der Waals surface area contributed by atoms with Crippen molar-refractivity contribution < 1.29 is 4.79 Å². The minimum atomic E-state index is -0.536. The number of amides is 1. The van der Waals surface area contributed by atoms with E-state index in [0.717, 1.165) is 0 Å². The van der Waals surface area contributed by atoms with Crippen molar-refractivity contribution in [2.45, 2.75) is 19.5 Å². The van der Waals surface area contributed by atoms with Crippen LogP contribution in [-0.4, -0.2) is 11.9 Å². The molecule has 0 saturated heterocycles. The standard InChI is InChI=1S/C10H12Cl2N2O/c1-6(13)10(15)14-5-7-8(11)3-2-4-9(7)12/h2-4,6H,5,13H2,1H3,(H,14,15). The molecule has 3 nitrogen and oxygen atoms in total. The van der Waals surface area contributed by atoms with Crippen molar-refractivity contribution in [1.82, 2.24) is 5.32 Å². The maximum atomic E-state index is 11.2. The van der Waals surface area contributed by atoms with E-state index in [1.807, 2.05) is 0 Å². The molecular formula is C10H12Cl2N2O. The Kier molecular flexibility index (Phi) is 4.39. The van der Waals surface area contributed by atoms with Crippen LogP contribution in [0.1, 0.15) is 12.5 Å². The lowest BCUT2D eigenvalue weighted by molar-refractivity contribution is -0.122. The molecule has 5 heteroatoms. The first-order valence-corrected chi connectivity index (χ1v) is 5.24. The van der Waals surface area contributed by atoms with Crippen molar-refractivity contribution >= 4 is 29.1 Å². The monoisotopic (exact) mass is 246 g/mol. The van der Waals surface area contributed by atoms with Gasteiger partial charge in [0.25, 0.3) is 0 Å². The summed E-state index contributed by atoms with van der Waals surface area (Å²) in [5, 5.41) is 3.72. The van der Waals surface area contributed by atoms with Crippen molar-refractivity contribution in [3.63, 3.8) is 0 Å². The van der Waals surface area contributed by atoms with Gasteiger partial charge in [0, 0.05) is 22.2 Å². The molecule has 0 radical (unpaired) electrons. The highest BCUT2D eigenvalue weighted by atomic mass is 35.5. The summed E-state index contributed by atoms with van der Waals surface area (Å²) in [6, 6.07) is 4.66. The highest BCUT2D eigenvalue weighted by molar-refractivity contribution is 6.36. The first-order chi connectivity index (χ1) is 7.02. The van der Waals surface area contributed by atoms with Gasteiger partial charge < -0.3 is 11.1 Å². The fourth-order valence-corrected chi connectivity index (χ4v) is 1.57. The summed E-state index contributed by atoms with van der Waals surface area (Å²) in [6.45, 7) is 1.91. The molecule has 0 aliphatic carbocycles. The second-order valence-electron chi connectivity index (χ2n) is 3.21. The van der Waals surface area contributed by atoms with E-state index in [1.165, 1.54) is 0 Å².